The summed E-state index contributed by atoms with van der Waals surface area (Å²) in [4.78, 5) is 1.18. The van der Waals surface area contributed by atoms with Gasteiger partial charge in [-0.2, -0.15) is 0 Å². The molecule has 2 aromatic rings. The Morgan fingerprint density at radius 1 is 1.38 bits per heavy atom. The van der Waals surface area contributed by atoms with E-state index in [1.54, 1.807) is 0 Å². The van der Waals surface area contributed by atoms with Crippen LogP contribution >= 0.6 is 27.5 Å². The second-order valence-electron chi connectivity index (χ2n) is 4.88. The number of nitrogens with zero attached hydrogens (tertiary/aromatic N) is 2. The summed E-state index contributed by atoms with van der Waals surface area (Å²) in [6, 6.07) is 5.02. The number of aromatic nitrogens is 2. The maximum Gasteiger partial charge on any atom is 0.124 e. The van der Waals surface area contributed by atoms with Crippen LogP contribution in [0.5, 0.6) is 0 Å². The summed E-state index contributed by atoms with van der Waals surface area (Å²) in [5, 5.41) is 7.75. The van der Waals surface area contributed by atoms with E-state index in [9.17, 15) is 4.39 Å². The molecule has 1 aromatic heterocycles. The zero-order chi connectivity index (χ0) is 15.2. The van der Waals surface area contributed by atoms with Gasteiger partial charge in [-0.1, -0.05) is 40.3 Å². The van der Waals surface area contributed by atoms with E-state index >= 15 is 0 Å². The van der Waals surface area contributed by atoms with Crippen LogP contribution in [0.2, 0.25) is 0 Å². The maximum atomic E-state index is 13.2. The second kappa shape index (κ2) is 7.96. The summed E-state index contributed by atoms with van der Waals surface area (Å²) in [5.41, 5.74) is 2.13. The van der Waals surface area contributed by atoms with Crippen LogP contribution in [-0.2, 0) is 12.8 Å². The molecular weight excluding hydrogens is 353 g/mol. The largest absolute Gasteiger partial charge is 0.309 e. The summed E-state index contributed by atoms with van der Waals surface area (Å²) in [5.74, 6) is -0.225. The predicted molar refractivity (Wildman–Crippen MR) is 88.1 cm³/mol. The third kappa shape index (κ3) is 4.31. The normalized spacial score (nSPS) is 12.6. The SMILES string of the molecule is CCCNC(Cc1ccc(F)cc1Br)c1snnc1CC. The fraction of sp³-hybridized carbons (Fsp3) is 0.467. The zero-order valence-corrected chi connectivity index (χ0v) is 14.6. The molecule has 0 spiro atoms. The van der Waals surface area contributed by atoms with Gasteiger partial charge < -0.3 is 5.32 Å². The topological polar surface area (TPSA) is 37.8 Å². The van der Waals surface area contributed by atoms with E-state index in [1.165, 1.54) is 28.5 Å². The highest BCUT2D eigenvalue weighted by molar-refractivity contribution is 9.10. The van der Waals surface area contributed by atoms with E-state index in [1.807, 2.05) is 6.07 Å². The van der Waals surface area contributed by atoms with E-state index in [-0.39, 0.29) is 11.9 Å². The molecule has 1 heterocycles. The van der Waals surface area contributed by atoms with Crippen molar-refractivity contribution in [3.8, 4) is 0 Å². The van der Waals surface area contributed by atoms with Crippen molar-refractivity contribution in [3.05, 3.63) is 44.6 Å². The summed E-state index contributed by atoms with van der Waals surface area (Å²) >= 11 is 4.89. The van der Waals surface area contributed by atoms with Crippen molar-refractivity contribution in [2.24, 2.45) is 0 Å². The molecule has 0 aliphatic carbocycles. The first-order valence-corrected chi connectivity index (χ1v) is 8.70. The number of benzene rings is 1. The van der Waals surface area contributed by atoms with Crippen molar-refractivity contribution in [1.82, 2.24) is 14.9 Å². The van der Waals surface area contributed by atoms with Crippen molar-refractivity contribution in [3.63, 3.8) is 0 Å². The summed E-state index contributed by atoms with van der Waals surface area (Å²) in [7, 11) is 0. The van der Waals surface area contributed by atoms with Crippen LogP contribution in [0.1, 0.15) is 42.4 Å². The molecule has 1 aromatic carbocycles. The molecule has 0 bridgehead atoms. The highest BCUT2D eigenvalue weighted by atomic mass is 79.9. The predicted octanol–water partition coefficient (Wildman–Crippen LogP) is 4.29. The van der Waals surface area contributed by atoms with Gasteiger partial charge in [0.05, 0.1) is 10.6 Å². The van der Waals surface area contributed by atoms with Gasteiger partial charge in [0.2, 0.25) is 0 Å². The maximum absolute atomic E-state index is 13.2. The van der Waals surface area contributed by atoms with Gasteiger partial charge in [-0.05, 0) is 55.0 Å². The Morgan fingerprint density at radius 3 is 2.86 bits per heavy atom. The van der Waals surface area contributed by atoms with Gasteiger partial charge in [-0.3, -0.25) is 0 Å². The molecule has 0 fully saturated rings. The fourth-order valence-corrected chi connectivity index (χ4v) is 3.53. The second-order valence-corrected chi connectivity index (χ2v) is 6.52. The number of nitrogens with one attached hydrogen (secondary N) is 1. The highest BCUT2D eigenvalue weighted by Gasteiger charge is 2.19. The Morgan fingerprint density at radius 2 is 2.19 bits per heavy atom. The lowest BCUT2D eigenvalue weighted by Gasteiger charge is -2.18. The van der Waals surface area contributed by atoms with E-state index < -0.39 is 0 Å². The summed E-state index contributed by atoms with van der Waals surface area (Å²) in [6.45, 7) is 5.17. The quantitative estimate of drug-likeness (QED) is 0.788. The van der Waals surface area contributed by atoms with Crippen LogP contribution < -0.4 is 5.32 Å². The van der Waals surface area contributed by atoms with E-state index in [0.29, 0.717) is 0 Å². The van der Waals surface area contributed by atoms with E-state index in [2.05, 4.69) is 44.7 Å². The molecule has 21 heavy (non-hydrogen) atoms. The summed E-state index contributed by atoms with van der Waals surface area (Å²) in [6.07, 6.45) is 2.73. The number of rotatable bonds is 7. The monoisotopic (exact) mass is 371 g/mol. The van der Waals surface area contributed by atoms with Crippen LogP contribution in [0.25, 0.3) is 0 Å². The molecule has 1 N–H and O–H groups in total. The Kier molecular flexibility index (Phi) is 6.26. The molecule has 6 heteroatoms. The molecule has 0 saturated carbocycles. The highest BCUT2D eigenvalue weighted by Crippen LogP contribution is 2.28. The van der Waals surface area contributed by atoms with E-state index in [4.69, 9.17) is 0 Å². The first kappa shape index (κ1) is 16.5. The fourth-order valence-electron chi connectivity index (χ4n) is 2.21. The van der Waals surface area contributed by atoms with Crippen LogP contribution in [0.4, 0.5) is 4.39 Å². The smallest absolute Gasteiger partial charge is 0.124 e. The molecule has 1 unspecified atom stereocenters. The van der Waals surface area contributed by atoms with Gasteiger partial charge >= 0.3 is 0 Å². The lowest BCUT2D eigenvalue weighted by molar-refractivity contribution is 0.530. The number of aryl methyl sites for hydroxylation is 1. The van der Waals surface area contributed by atoms with Gasteiger partial charge in [-0.15, -0.1) is 5.10 Å². The minimum absolute atomic E-state index is 0.168. The van der Waals surface area contributed by atoms with E-state index in [0.717, 1.165) is 41.5 Å². The third-order valence-corrected chi connectivity index (χ3v) is 4.93. The van der Waals surface area contributed by atoms with Crippen LogP contribution in [-0.4, -0.2) is 16.1 Å². The third-order valence-electron chi connectivity index (χ3n) is 3.32. The summed E-state index contributed by atoms with van der Waals surface area (Å²) < 4.78 is 18.1. The lowest BCUT2D eigenvalue weighted by Crippen LogP contribution is -2.24. The first-order chi connectivity index (χ1) is 10.2. The van der Waals surface area contributed by atoms with Crippen molar-refractivity contribution < 1.29 is 4.39 Å². The number of halogens is 2. The van der Waals surface area contributed by atoms with Gasteiger partial charge in [0.25, 0.3) is 0 Å². The molecule has 0 amide bonds. The Hall–Kier alpha value is -0.850. The molecule has 0 aliphatic rings. The van der Waals surface area contributed by atoms with Crippen LogP contribution in [0, 0.1) is 5.82 Å². The lowest BCUT2D eigenvalue weighted by atomic mass is 10.0. The van der Waals surface area contributed by atoms with Crippen LogP contribution in [0.3, 0.4) is 0 Å². The first-order valence-electron chi connectivity index (χ1n) is 7.14. The standard InChI is InChI=1S/C15H19BrFN3S/c1-3-7-18-14(15-13(4-2)19-20-21-15)8-10-5-6-11(17)9-12(10)16/h5-6,9,14,18H,3-4,7-8H2,1-2H3. The minimum atomic E-state index is -0.225. The number of hydrogen-bond donors (Lipinski definition) is 1. The average Bonchev–Trinajstić information content (AvgIpc) is 2.94. The van der Waals surface area contributed by atoms with Crippen molar-refractivity contribution in [1.29, 1.82) is 0 Å². The Balaban J connectivity index is 2.24. The molecule has 114 valence electrons. The number of hydrogen-bond acceptors (Lipinski definition) is 4. The van der Waals surface area contributed by atoms with Crippen molar-refractivity contribution >= 4 is 27.5 Å². The minimum Gasteiger partial charge on any atom is -0.309 e. The Labute approximate surface area is 137 Å². The molecule has 0 saturated heterocycles. The van der Waals surface area contributed by atoms with Gasteiger partial charge in [0.15, 0.2) is 0 Å². The van der Waals surface area contributed by atoms with Crippen molar-refractivity contribution in [2.45, 2.75) is 39.2 Å². The Bertz CT molecular complexity index is 588. The van der Waals surface area contributed by atoms with Crippen LogP contribution in [0.15, 0.2) is 22.7 Å². The molecule has 2 rings (SSSR count). The van der Waals surface area contributed by atoms with Crippen molar-refractivity contribution in [2.75, 3.05) is 6.54 Å². The molecule has 0 aliphatic heterocycles. The van der Waals surface area contributed by atoms with Gasteiger partial charge in [0.1, 0.15) is 5.82 Å². The van der Waals surface area contributed by atoms with Gasteiger partial charge in [-0.25, -0.2) is 4.39 Å². The zero-order valence-electron chi connectivity index (χ0n) is 12.2. The molecular formula is C15H19BrFN3S. The molecule has 3 nitrogen and oxygen atoms in total. The molecule has 0 radical (unpaired) electrons. The van der Waals surface area contributed by atoms with Gasteiger partial charge in [0, 0.05) is 10.5 Å². The average molecular weight is 372 g/mol. The molecule has 1 atom stereocenters.